The smallest absolute Gasteiger partial charge is 0.261 e. The van der Waals surface area contributed by atoms with Crippen LogP contribution in [0, 0.1) is 12.8 Å². The molecule has 130 valence electrons. The van der Waals surface area contributed by atoms with Gasteiger partial charge >= 0.3 is 0 Å². The number of aromatic nitrogens is 5. The summed E-state index contributed by atoms with van der Waals surface area (Å²) in [7, 11) is 2.05. The number of aryl methyl sites for hydroxylation is 2. The van der Waals surface area contributed by atoms with Crippen LogP contribution in [0.1, 0.15) is 24.5 Å². The molecule has 3 aromatic heterocycles. The predicted molar refractivity (Wildman–Crippen MR) is 94.1 cm³/mol. The molecule has 3 aromatic rings. The minimum absolute atomic E-state index is 0.534. The molecule has 0 saturated carbocycles. The van der Waals surface area contributed by atoms with Gasteiger partial charge in [-0.1, -0.05) is 5.16 Å². The first-order chi connectivity index (χ1) is 12.2. The summed E-state index contributed by atoms with van der Waals surface area (Å²) >= 11 is 0. The van der Waals surface area contributed by atoms with Crippen LogP contribution in [-0.2, 0) is 13.5 Å². The van der Waals surface area contributed by atoms with Crippen LogP contribution < -0.4 is 4.90 Å². The molecule has 4 rings (SSSR count). The Balaban J connectivity index is 1.56. The Morgan fingerprint density at radius 1 is 1.28 bits per heavy atom. The van der Waals surface area contributed by atoms with Crippen molar-refractivity contribution in [3.63, 3.8) is 0 Å². The van der Waals surface area contributed by atoms with Crippen molar-refractivity contribution in [2.24, 2.45) is 13.0 Å². The second kappa shape index (κ2) is 6.66. The number of hydrogen-bond acceptors (Lipinski definition) is 6. The normalized spacial score (nSPS) is 17.8. The molecule has 1 aliphatic heterocycles. The number of anilines is 1. The van der Waals surface area contributed by atoms with Crippen LogP contribution in [0.15, 0.2) is 35.2 Å². The Morgan fingerprint density at radius 3 is 2.96 bits per heavy atom. The van der Waals surface area contributed by atoms with Crippen LogP contribution in [0.2, 0.25) is 0 Å². The molecule has 25 heavy (non-hydrogen) atoms. The lowest BCUT2D eigenvalue weighted by molar-refractivity contribution is 0.400. The second-order valence-electron chi connectivity index (χ2n) is 6.63. The Labute approximate surface area is 146 Å². The number of nitrogens with zero attached hydrogens (tertiary/aromatic N) is 6. The Hall–Kier alpha value is -2.70. The minimum atomic E-state index is 0.534. The van der Waals surface area contributed by atoms with E-state index in [4.69, 9.17) is 4.52 Å². The third kappa shape index (κ3) is 3.26. The van der Waals surface area contributed by atoms with Crippen LogP contribution in [0.25, 0.3) is 11.5 Å². The molecule has 0 unspecified atom stereocenters. The molecule has 0 spiro atoms. The first-order valence-corrected chi connectivity index (χ1v) is 8.67. The average Bonchev–Trinajstić information content (AvgIpc) is 3.24. The maximum atomic E-state index is 5.37. The van der Waals surface area contributed by atoms with Crippen molar-refractivity contribution in [2.45, 2.75) is 26.2 Å². The van der Waals surface area contributed by atoms with E-state index in [0.717, 1.165) is 43.1 Å². The summed E-state index contributed by atoms with van der Waals surface area (Å²) in [5.41, 5.74) is 0.903. The largest absolute Gasteiger partial charge is 0.356 e. The van der Waals surface area contributed by atoms with E-state index in [1.54, 1.807) is 0 Å². The van der Waals surface area contributed by atoms with Gasteiger partial charge in [-0.15, -0.1) is 0 Å². The van der Waals surface area contributed by atoms with Gasteiger partial charge < -0.3 is 14.0 Å². The lowest BCUT2D eigenvalue weighted by Crippen LogP contribution is -2.37. The van der Waals surface area contributed by atoms with Crippen molar-refractivity contribution in [3.05, 3.63) is 42.4 Å². The predicted octanol–water partition coefficient (Wildman–Crippen LogP) is 2.63. The van der Waals surface area contributed by atoms with E-state index < -0.39 is 0 Å². The molecule has 1 aliphatic rings. The van der Waals surface area contributed by atoms with E-state index in [0.29, 0.717) is 17.6 Å². The molecule has 1 fully saturated rings. The first-order valence-electron chi connectivity index (χ1n) is 8.67. The van der Waals surface area contributed by atoms with Gasteiger partial charge in [0.1, 0.15) is 11.6 Å². The fourth-order valence-corrected chi connectivity index (χ4v) is 3.50. The standard InChI is InChI=1S/C18H22N6O/c1-13-21-18(25-22-13)15-6-3-7-20-17(15)24-9-4-5-14(12-24)11-16-19-8-10-23(16)2/h3,6-8,10,14H,4-5,9,11-12H2,1-2H3/t14-/m0/s1. The SMILES string of the molecule is Cc1noc(-c2cccnc2N2CCC[C@@H](Cc3nccn3C)C2)n1. The van der Waals surface area contributed by atoms with Crippen molar-refractivity contribution in [2.75, 3.05) is 18.0 Å². The Kier molecular flexibility index (Phi) is 4.21. The van der Waals surface area contributed by atoms with E-state index in [1.165, 1.54) is 6.42 Å². The summed E-state index contributed by atoms with van der Waals surface area (Å²) in [5, 5.41) is 3.91. The van der Waals surface area contributed by atoms with Crippen LogP contribution in [0.3, 0.4) is 0 Å². The zero-order chi connectivity index (χ0) is 17.2. The van der Waals surface area contributed by atoms with Crippen molar-refractivity contribution in [1.82, 2.24) is 24.7 Å². The van der Waals surface area contributed by atoms with Gasteiger partial charge in [-0.05, 0) is 37.8 Å². The van der Waals surface area contributed by atoms with Gasteiger partial charge in [0.05, 0.1) is 5.56 Å². The molecule has 1 saturated heterocycles. The van der Waals surface area contributed by atoms with E-state index in [1.807, 2.05) is 37.6 Å². The second-order valence-corrected chi connectivity index (χ2v) is 6.63. The molecular formula is C18H22N6O. The summed E-state index contributed by atoms with van der Waals surface area (Å²) < 4.78 is 7.47. The molecular weight excluding hydrogens is 316 g/mol. The molecule has 0 bridgehead atoms. The van der Waals surface area contributed by atoms with Crippen LogP contribution >= 0.6 is 0 Å². The highest BCUT2D eigenvalue weighted by Crippen LogP contribution is 2.31. The van der Waals surface area contributed by atoms with Crippen LogP contribution in [-0.4, -0.2) is 37.8 Å². The topological polar surface area (TPSA) is 72.9 Å². The fraction of sp³-hybridized carbons (Fsp3) is 0.444. The molecule has 0 aliphatic carbocycles. The maximum Gasteiger partial charge on any atom is 0.261 e. The third-order valence-corrected chi connectivity index (χ3v) is 4.76. The molecule has 0 aromatic carbocycles. The number of hydrogen-bond donors (Lipinski definition) is 0. The quantitative estimate of drug-likeness (QED) is 0.728. The third-order valence-electron chi connectivity index (χ3n) is 4.76. The summed E-state index contributed by atoms with van der Waals surface area (Å²) in [6.07, 6.45) is 9.04. The highest BCUT2D eigenvalue weighted by atomic mass is 16.5. The monoisotopic (exact) mass is 338 g/mol. The van der Waals surface area contributed by atoms with Gasteiger partial charge in [-0.3, -0.25) is 0 Å². The van der Waals surface area contributed by atoms with Gasteiger partial charge in [0.2, 0.25) is 0 Å². The van der Waals surface area contributed by atoms with Crippen molar-refractivity contribution in [1.29, 1.82) is 0 Å². The van der Waals surface area contributed by atoms with Crippen LogP contribution in [0.4, 0.5) is 5.82 Å². The molecule has 4 heterocycles. The molecule has 7 nitrogen and oxygen atoms in total. The Morgan fingerprint density at radius 2 is 2.20 bits per heavy atom. The Bertz CT molecular complexity index is 855. The van der Waals surface area contributed by atoms with E-state index in [2.05, 4.69) is 36.6 Å². The van der Waals surface area contributed by atoms with Gasteiger partial charge in [-0.2, -0.15) is 4.98 Å². The molecule has 0 amide bonds. The molecule has 1 atom stereocenters. The minimum Gasteiger partial charge on any atom is -0.356 e. The number of imidazole rings is 1. The van der Waals surface area contributed by atoms with Crippen molar-refractivity contribution < 1.29 is 4.52 Å². The van der Waals surface area contributed by atoms with Crippen LogP contribution in [0.5, 0.6) is 0 Å². The van der Waals surface area contributed by atoms with Gasteiger partial charge in [0.25, 0.3) is 5.89 Å². The number of piperidine rings is 1. The van der Waals surface area contributed by atoms with Gasteiger partial charge in [0, 0.05) is 45.1 Å². The van der Waals surface area contributed by atoms with Crippen molar-refractivity contribution >= 4 is 5.82 Å². The van der Waals surface area contributed by atoms with Crippen molar-refractivity contribution in [3.8, 4) is 11.5 Å². The van der Waals surface area contributed by atoms with E-state index in [-0.39, 0.29) is 0 Å². The van der Waals surface area contributed by atoms with E-state index in [9.17, 15) is 0 Å². The zero-order valence-electron chi connectivity index (χ0n) is 14.6. The fourth-order valence-electron chi connectivity index (χ4n) is 3.50. The summed E-state index contributed by atoms with van der Waals surface area (Å²) in [5.74, 6) is 3.80. The summed E-state index contributed by atoms with van der Waals surface area (Å²) in [6, 6.07) is 3.91. The average molecular weight is 338 g/mol. The van der Waals surface area contributed by atoms with Gasteiger partial charge in [-0.25, -0.2) is 9.97 Å². The number of pyridine rings is 1. The van der Waals surface area contributed by atoms with Gasteiger partial charge in [0.15, 0.2) is 5.82 Å². The summed E-state index contributed by atoms with van der Waals surface area (Å²) in [6.45, 7) is 3.78. The first kappa shape index (κ1) is 15.8. The van der Waals surface area contributed by atoms with E-state index >= 15 is 0 Å². The summed E-state index contributed by atoms with van der Waals surface area (Å²) in [4.78, 5) is 15.8. The lowest BCUT2D eigenvalue weighted by atomic mass is 9.94. The highest BCUT2D eigenvalue weighted by Gasteiger charge is 2.25. The maximum absolute atomic E-state index is 5.37. The zero-order valence-corrected chi connectivity index (χ0v) is 14.6. The molecule has 0 radical (unpaired) electrons. The lowest BCUT2D eigenvalue weighted by Gasteiger charge is -2.34. The highest BCUT2D eigenvalue weighted by molar-refractivity contribution is 5.69. The molecule has 7 heteroatoms. The number of rotatable bonds is 4. The molecule has 0 N–H and O–H groups in total.